The highest BCUT2D eigenvalue weighted by molar-refractivity contribution is 7.10. The number of nitrogens with one attached hydrogen (secondary N) is 2. The molecule has 0 aliphatic carbocycles. The van der Waals surface area contributed by atoms with Gasteiger partial charge in [-0.2, -0.15) is 0 Å². The lowest BCUT2D eigenvalue weighted by molar-refractivity contribution is 0.0177. The maximum Gasteiger partial charge on any atom is 0.191 e. The summed E-state index contributed by atoms with van der Waals surface area (Å²) in [6.45, 7) is 4.56. The standard InChI is InChI=1S/C20H26F2N4OS/c1-23-20(24-5-4-15-11-16(21)13-17(22)12-15)25-14-18(19-3-2-10-28-19)26-6-8-27-9-7-26/h2-3,10-13,18H,4-9,14H2,1H3,(H2,23,24,25). The van der Waals surface area contributed by atoms with Crippen LogP contribution in [0.2, 0.25) is 0 Å². The largest absolute Gasteiger partial charge is 0.379 e. The van der Waals surface area contributed by atoms with E-state index < -0.39 is 11.6 Å². The van der Waals surface area contributed by atoms with Crippen molar-refractivity contribution >= 4 is 17.3 Å². The number of benzene rings is 1. The summed E-state index contributed by atoms with van der Waals surface area (Å²) in [6, 6.07) is 8.06. The van der Waals surface area contributed by atoms with E-state index in [1.165, 1.54) is 17.0 Å². The Morgan fingerprint density at radius 3 is 2.61 bits per heavy atom. The molecule has 2 aromatic rings. The van der Waals surface area contributed by atoms with E-state index in [0.717, 1.165) is 38.9 Å². The molecule has 0 spiro atoms. The second kappa shape index (κ2) is 10.5. The summed E-state index contributed by atoms with van der Waals surface area (Å²) in [7, 11) is 1.71. The van der Waals surface area contributed by atoms with Gasteiger partial charge in [-0.15, -0.1) is 11.3 Å². The van der Waals surface area contributed by atoms with Crippen LogP contribution in [0.15, 0.2) is 40.7 Å². The van der Waals surface area contributed by atoms with Crippen LogP contribution in [0.25, 0.3) is 0 Å². The van der Waals surface area contributed by atoms with Crippen molar-refractivity contribution in [2.24, 2.45) is 4.99 Å². The number of guanidine groups is 1. The molecule has 1 unspecified atom stereocenters. The number of ether oxygens (including phenoxy) is 1. The van der Waals surface area contributed by atoms with Crippen molar-refractivity contribution in [1.29, 1.82) is 0 Å². The first-order chi connectivity index (χ1) is 13.7. The van der Waals surface area contributed by atoms with Gasteiger partial charge in [0.1, 0.15) is 11.6 Å². The van der Waals surface area contributed by atoms with Crippen LogP contribution in [-0.4, -0.2) is 57.3 Å². The van der Waals surface area contributed by atoms with Gasteiger partial charge in [0.25, 0.3) is 0 Å². The first-order valence-electron chi connectivity index (χ1n) is 9.40. The second-order valence-corrected chi connectivity index (χ2v) is 7.57. The molecule has 1 aliphatic rings. The van der Waals surface area contributed by atoms with Gasteiger partial charge in [-0.25, -0.2) is 8.78 Å². The molecular weight excluding hydrogens is 382 g/mol. The minimum absolute atomic E-state index is 0.250. The first-order valence-corrected chi connectivity index (χ1v) is 10.3. The van der Waals surface area contributed by atoms with Crippen molar-refractivity contribution in [3.63, 3.8) is 0 Å². The van der Waals surface area contributed by atoms with Gasteiger partial charge in [0.2, 0.25) is 0 Å². The molecule has 1 fully saturated rings. The smallest absolute Gasteiger partial charge is 0.191 e. The summed E-state index contributed by atoms with van der Waals surface area (Å²) in [5.41, 5.74) is 0.616. The Labute approximate surface area is 168 Å². The van der Waals surface area contributed by atoms with Gasteiger partial charge in [0, 0.05) is 44.2 Å². The Morgan fingerprint density at radius 2 is 1.96 bits per heavy atom. The Bertz CT molecular complexity index is 743. The quantitative estimate of drug-likeness (QED) is 0.546. The fourth-order valence-electron chi connectivity index (χ4n) is 3.27. The summed E-state index contributed by atoms with van der Waals surface area (Å²) in [6.07, 6.45) is 0.507. The minimum Gasteiger partial charge on any atom is -0.379 e. The number of halogens is 2. The van der Waals surface area contributed by atoms with E-state index in [2.05, 4.69) is 38.0 Å². The van der Waals surface area contributed by atoms with Crippen LogP contribution in [0.1, 0.15) is 16.5 Å². The molecule has 28 heavy (non-hydrogen) atoms. The highest BCUT2D eigenvalue weighted by atomic mass is 32.1. The van der Waals surface area contributed by atoms with Gasteiger partial charge >= 0.3 is 0 Å². The number of thiophene rings is 1. The van der Waals surface area contributed by atoms with Crippen molar-refractivity contribution in [1.82, 2.24) is 15.5 Å². The van der Waals surface area contributed by atoms with Crippen molar-refractivity contribution in [2.75, 3.05) is 46.4 Å². The van der Waals surface area contributed by atoms with E-state index in [0.29, 0.717) is 24.5 Å². The highest BCUT2D eigenvalue weighted by Gasteiger charge is 2.23. The monoisotopic (exact) mass is 408 g/mol. The van der Waals surface area contributed by atoms with Crippen LogP contribution in [0.5, 0.6) is 0 Å². The topological polar surface area (TPSA) is 48.9 Å². The summed E-state index contributed by atoms with van der Waals surface area (Å²) < 4.78 is 32.1. The molecule has 2 heterocycles. The van der Waals surface area contributed by atoms with Crippen molar-refractivity contribution < 1.29 is 13.5 Å². The lowest BCUT2D eigenvalue weighted by Gasteiger charge is -2.34. The number of hydrogen-bond donors (Lipinski definition) is 2. The van der Waals surface area contributed by atoms with Crippen LogP contribution >= 0.6 is 11.3 Å². The van der Waals surface area contributed by atoms with E-state index >= 15 is 0 Å². The van der Waals surface area contributed by atoms with Gasteiger partial charge < -0.3 is 15.4 Å². The van der Waals surface area contributed by atoms with E-state index in [9.17, 15) is 8.78 Å². The fourth-order valence-corrected chi connectivity index (χ4v) is 4.14. The van der Waals surface area contributed by atoms with E-state index in [1.54, 1.807) is 18.4 Å². The van der Waals surface area contributed by atoms with Crippen LogP contribution in [0.4, 0.5) is 8.78 Å². The molecule has 1 aliphatic heterocycles. The Kier molecular flexibility index (Phi) is 7.76. The molecule has 0 radical (unpaired) electrons. The van der Waals surface area contributed by atoms with E-state index in [-0.39, 0.29) is 6.04 Å². The maximum absolute atomic E-state index is 13.3. The highest BCUT2D eigenvalue weighted by Crippen LogP contribution is 2.25. The Balaban J connectivity index is 1.52. The molecule has 2 N–H and O–H groups in total. The summed E-state index contributed by atoms with van der Waals surface area (Å²) in [5.74, 6) is -0.435. The molecule has 0 saturated carbocycles. The third kappa shape index (κ3) is 5.98. The molecule has 1 saturated heterocycles. The lowest BCUT2D eigenvalue weighted by Crippen LogP contribution is -2.46. The van der Waals surface area contributed by atoms with Gasteiger partial charge in [0.15, 0.2) is 5.96 Å². The lowest BCUT2D eigenvalue weighted by atomic mass is 10.1. The molecule has 5 nitrogen and oxygen atoms in total. The van der Waals surface area contributed by atoms with Gasteiger partial charge in [0.05, 0.1) is 19.3 Å². The van der Waals surface area contributed by atoms with Crippen LogP contribution in [-0.2, 0) is 11.2 Å². The predicted molar refractivity (Wildman–Crippen MR) is 109 cm³/mol. The van der Waals surface area contributed by atoms with Crippen LogP contribution in [0.3, 0.4) is 0 Å². The third-order valence-electron chi connectivity index (χ3n) is 4.67. The molecule has 1 atom stereocenters. The zero-order valence-electron chi connectivity index (χ0n) is 16.0. The number of aliphatic imine (C=N–C) groups is 1. The number of morpholine rings is 1. The van der Waals surface area contributed by atoms with E-state index in [4.69, 9.17) is 4.74 Å². The van der Waals surface area contributed by atoms with E-state index in [1.807, 2.05) is 0 Å². The third-order valence-corrected chi connectivity index (χ3v) is 5.65. The molecule has 1 aromatic heterocycles. The number of rotatable bonds is 7. The van der Waals surface area contributed by atoms with Gasteiger partial charge in [-0.1, -0.05) is 6.07 Å². The Morgan fingerprint density at radius 1 is 1.21 bits per heavy atom. The molecule has 8 heteroatoms. The van der Waals surface area contributed by atoms with Crippen molar-refractivity contribution in [3.05, 3.63) is 57.8 Å². The average Bonchev–Trinajstić information content (AvgIpc) is 3.21. The molecule has 1 aromatic carbocycles. The maximum atomic E-state index is 13.3. The fraction of sp³-hybridized carbons (Fsp3) is 0.450. The summed E-state index contributed by atoms with van der Waals surface area (Å²) >= 11 is 1.75. The number of nitrogens with zero attached hydrogens (tertiary/aromatic N) is 2. The molecular formula is C20H26F2N4OS. The molecule has 152 valence electrons. The van der Waals surface area contributed by atoms with Gasteiger partial charge in [-0.3, -0.25) is 9.89 Å². The zero-order chi connectivity index (χ0) is 19.8. The molecule has 3 rings (SSSR count). The summed E-state index contributed by atoms with van der Waals surface area (Å²) in [5, 5.41) is 8.68. The SMILES string of the molecule is CN=C(NCCc1cc(F)cc(F)c1)NCC(c1cccs1)N1CCOCC1. The Hall–Kier alpha value is -2.03. The van der Waals surface area contributed by atoms with Crippen LogP contribution < -0.4 is 10.6 Å². The molecule has 0 bridgehead atoms. The van der Waals surface area contributed by atoms with Crippen molar-refractivity contribution in [2.45, 2.75) is 12.5 Å². The summed E-state index contributed by atoms with van der Waals surface area (Å²) in [4.78, 5) is 7.99. The average molecular weight is 409 g/mol. The second-order valence-electron chi connectivity index (χ2n) is 6.59. The predicted octanol–water partition coefficient (Wildman–Crippen LogP) is 2.81. The molecule has 0 amide bonds. The van der Waals surface area contributed by atoms with Crippen LogP contribution in [0, 0.1) is 11.6 Å². The normalized spacial score (nSPS) is 16.8. The van der Waals surface area contributed by atoms with Crippen molar-refractivity contribution in [3.8, 4) is 0 Å². The first kappa shape index (κ1) is 20.7. The van der Waals surface area contributed by atoms with Gasteiger partial charge in [-0.05, 0) is 35.6 Å². The number of hydrogen-bond acceptors (Lipinski definition) is 4. The minimum atomic E-state index is -0.554. The zero-order valence-corrected chi connectivity index (χ0v) is 16.8.